The number of fused-ring (bicyclic) bond motifs is 1. The van der Waals surface area contributed by atoms with Gasteiger partial charge in [0.2, 0.25) is 0 Å². The molecule has 1 N–H and O–H groups in total. The van der Waals surface area contributed by atoms with Crippen molar-refractivity contribution in [2.24, 2.45) is 0 Å². The van der Waals surface area contributed by atoms with Crippen molar-refractivity contribution in [1.29, 1.82) is 0 Å². The molecule has 0 bridgehead atoms. The Morgan fingerprint density at radius 1 is 1.16 bits per heavy atom. The van der Waals surface area contributed by atoms with E-state index in [0.717, 1.165) is 11.8 Å². The lowest BCUT2D eigenvalue weighted by atomic mass is 10.1. The lowest BCUT2D eigenvalue weighted by Gasteiger charge is -2.19. The van der Waals surface area contributed by atoms with Crippen molar-refractivity contribution in [3.05, 3.63) is 42.5 Å². The molecule has 0 aliphatic carbocycles. The standard InChI is InChI=1S/C18H24N2O4S/c1-14(20(2)3)8-6-13-18(21)24-19-25(22,23)17-12-7-10-15-9-4-5-11-16(15)17/h4-5,7,9-12,14,19H,6,8,13H2,1-3H3. The summed E-state index contributed by atoms with van der Waals surface area (Å²) in [5, 5.41) is 1.38. The molecule has 0 aromatic heterocycles. The smallest absolute Gasteiger partial charge is 0.326 e. The normalized spacial score (nSPS) is 13.1. The topological polar surface area (TPSA) is 75.7 Å². The first kappa shape index (κ1) is 19.4. The summed E-state index contributed by atoms with van der Waals surface area (Å²) in [4.78, 5) is 20.6. The zero-order valence-corrected chi connectivity index (χ0v) is 15.5. The minimum absolute atomic E-state index is 0.0830. The monoisotopic (exact) mass is 364 g/mol. The lowest BCUT2D eigenvalue weighted by Crippen LogP contribution is -2.28. The van der Waals surface area contributed by atoms with Gasteiger partial charge in [-0.3, -0.25) is 4.79 Å². The van der Waals surface area contributed by atoms with Gasteiger partial charge in [-0.1, -0.05) is 36.4 Å². The highest BCUT2D eigenvalue weighted by Crippen LogP contribution is 2.22. The van der Waals surface area contributed by atoms with Gasteiger partial charge in [0.1, 0.15) is 0 Å². The first-order chi connectivity index (χ1) is 11.8. The fraction of sp³-hybridized carbons (Fsp3) is 0.389. The maximum atomic E-state index is 12.4. The van der Waals surface area contributed by atoms with E-state index in [0.29, 0.717) is 17.8 Å². The molecule has 0 radical (unpaired) electrons. The van der Waals surface area contributed by atoms with Gasteiger partial charge in [-0.15, -0.1) is 0 Å². The summed E-state index contributed by atoms with van der Waals surface area (Å²) in [6, 6.07) is 12.5. The Morgan fingerprint density at radius 3 is 2.56 bits per heavy atom. The molecule has 0 spiro atoms. The number of nitrogens with one attached hydrogen (secondary N) is 1. The van der Waals surface area contributed by atoms with Gasteiger partial charge >= 0.3 is 5.97 Å². The number of carbonyl (C=O) groups is 1. The van der Waals surface area contributed by atoms with Crippen LogP contribution in [0.3, 0.4) is 0 Å². The van der Waals surface area contributed by atoms with E-state index < -0.39 is 16.0 Å². The van der Waals surface area contributed by atoms with Crippen LogP contribution in [0.4, 0.5) is 0 Å². The third-order valence-electron chi connectivity index (χ3n) is 4.19. The molecule has 2 rings (SSSR count). The zero-order chi connectivity index (χ0) is 18.4. The molecule has 25 heavy (non-hydrogen) atoms. The molecule has 1 unspecified atom stereocenters. The van der Waals surface area contributed by atoms with Crippen LogP contribution in [0.5, 0.6) is 0 Å². The summed E-state index contributed by atoms with van der Waals surface area (Å²) in [6.45, 7) is 2.06. The van der Waals surface area contributed by atoms with Crippen molar-refractivity contribution in [3.63, 3.8) is 0 Å². The molecule has 136 valence electrons. The van der Waals surface area contributed by atoms with E-state index >= 15 is 0 Å². The SMILES string of the molecule is CC(CCCC(=O)ONS(=O)(=O)c1cccc2ccccc12)N(C)C. The van der Waals surface area contributed by atoms with E-state index in [1.54, 1.807) is 18.2 Å². The van der Waals surface area contributed by atoms with Crippen molar-refractivity contribution < 1.29 is 18.0 Å². The number of rotatable bonds is 8. The molecular weight excluding hydrogens is 340 g/mol. The van der Waals surface area contributed by atoms with Crippen molar-refractivity contribution >= 4 is 26.8 Å². The number of carbonyl (C=O) groups excluding carboxylic acids is 1. The van der Waals surface area contributed by atoms with Crippen LogP contribution in [-0.4, -0.2) is 39.4 Å². The molecule has 0 aliphatic rings. The first-order valence-corrected chi connectivity index (χ1v) is 9.65. The Bertz CT molecular complexity index is 829. The highest BCUT2D eigenvalue weighted by molar-refractivity contribution is 7.89. The third-order valence-corrected chi connectivity index (χ3v) is 5.43. The van der Waals surface area contributed by atoms with Crippen LogP contribution in [0.2, 0.25) is 0 Å². The minimum atomic E-state index is -3.94. The Balaban J connectivity index is 1.96. The third kappa shape index (κ3) is 5.26. The van der Waals surface area contributed by atoms with Crippen LogP contribution in [0.15, 0.2) is 47.4 Å². The molecule has 0 aliphatic heterocycles. The maximum absolute atomic E-state index is 12.4. The van der Waals surface area contributed by atoms with Gasteiger partial charge in [0.05, 0.1) is 4.90 Å². The van der Waals surface area contributed by atoms with Crippen LogP contribution >= 0.6 is 0 Å². The van der Waals surface area contributed by atoms with Crippen molar-refractivity contribution in [2.45, 2.75) is 37.1 Å². The maximum Gasteiger partial charge on any atom is 0.326 e. The minimum Gasteiger partial charge on any atom is -0.356 e. The van der Waals surface area contributed by atoms with Gasteiger partial charge in [-0.2, -0.15) is 0 Å². The Labute approximate surface area is 148 Å². The second kappa shape index (κ2) is 8.42. The van der Waals surface area contributed by atoms with E-state index in [1.807, 2.05) is 37.2 Å². The number of nitrogens with zero attached hydrogens (tertiary/aromatic N) is 1. The predicted molar refractivity (Wildman–Crippen MR) is 97.4 cm³/mol. The number of sulfonamides is 1. The van der Waals surface area contributed by atoms with Gasteiger partial charge in [0.15, 0.2) is 0 Å². The van der Waals surface area contributed by atoms with Crippen molar-refractivity contribution in [1.82, 2.24) is 9.79 Å². The highest BCUT2D eigenvalue weighted by Gasteiger charge is 2.19. The lowest BCUT2D eigenvalue weighted by molar-refractivity contribution is -0.147. The molecule has 2 aromatic carbocycles. The largest absolute Gasteiger partial charge is 0.356 e. The fourth-order valence-corrected chi connectivity index (χ4v) is 3.45. The molecule has 0 saturated carbocycles. The van der Waals surface area contributed by atoms with Crippen LogP contribution < -0.4 is 4.89 Å². The summed E-state index contributed by atoms with van der Waals surface area (Å²) in [6.07, 6.45) is 1.63. The average molecular weight is 364 g/mol. The summed E-state index contributed by atoms with van der Waals surface area (Å²) in [7, 11) is 0.00899. The molecule has 0 amide bonds. The van der Waals surface area contributed by atoms with Crippen LogP contribution in [0, 0.1) is 0 Å². The molecule has 1 atom stereocenters. The number of hydrogen-bond donors (Lipinski definition) is 1. The summed E-state index contributed by atoms with van der Waals surface area (Å²) < 4.78 is 24.9. The van der Waals surface area contributed by atoms with Gasteiger partial charge < -0.3 is 9.74 Å². The Morgan fingerprint density at radius 2 is 1.84 bits per heavy atom. The second-order valence-electron chi connectivity index (χ2n) is 6.24. The van der Waals surface area contributed by atoms with E-state index in [2.05, 4.69) is 11.8 Å². The summed E-state index contributed by atoms with van der Waals surface area (Å²) in [5.41, 5.74) is 0. The second-order valence-corrected chi connectivity index (χ2v) is 7.86. The van der Waals surface area contributed by atoms with E-state index in [1.165, 1.54) is 6.07 Å². The quantitative estimate of drug-likeness (QED) is 0.729. The Hall–Kier alpha value is -1.96. The van der Waals surface area contributed by atoms with Crippen LogP contribution in [0.25, 0.3) is 10.8 Å². The number of benzene rings is 2. The highest BCUT2D eigenvalue weighted by atomic mass is 32.2. The molecule has 0 fully saturated rings. The summed E-state index contributed by atoms with van der Waals surface area (Å²) in [5.74, 6) is -0.588. The van der Waals surface area contributed by atoms with Crippen LogP contribution in [-0.2, 0) is 19.7 Å². The molecule has 0 saturated heterocycles. The van der Waals surface area contributed by atoms with E-state index in [9.17, 15) is 13.2 Å². The zero-order valence-electron chi connectivity index (χ0n) is 14.7. The van der Waals surface area contributed by atoms with Gasteiger partial charge in [0, 0.05) is 17.8 Å². The average Bonchev–Trinajstić information content (AvgIpc) is 2.59. The van der Waals surface area contributed by atoms with Gasteiger partial charge in [0.25, 0.3) is 10.0 Å². The Kier molecular flexibility index (Phi) is 6.52. The fourth-order valence-electron chi connectivity index (χ4n) is 2.43. The molecule has 2 aromatic rings. The molecule has 6 nitrogen and oxygen atoms in total. The van der Waals surface area contributed by atoms with E-state index in [4.69, 9.17) is 4.84 Å². The van der Waals surface area contributed by atoms with Crippen molar-refractivity contribution in [2.75, 3.05) is 14.1 Å². The van der Waals surface area contributed by atoms with E-state index in [-0.39, 0.29) is 11.3 Å². The van der Waals surface area contributed by atoms with Gasteiger partial charge in [-0.25, -0.2) is 8.42 Å². The number of hydrogen-bond acceptors (Lipinski definition) is 5. The predicted octanol–water partition coefficient (Wildman–Crippen LogP) is 2.70. The van der Waals surface area contributed by atoms with Crippen LogP contribution in [0.1, 0.15) is 26.2 Å². The van der Waals surface area contributed by atoms with Gasteiger partial charge in [-0.05, 0) is 50.2 Å². The molecule has 7 heteroatoms. The molecular formula is C18H24N2O4S. The molecule has 0 heterocycles. The summed E-state index contributed by atoms with van der Waals surface area (Å²) >= 11 is 0. The first-order valence-electron chi connectivity index (χ1n) is 8.17. The van der Waals surface area contributed by atoms with Crippen molar-refractivity contribution in [3.8, 4) is 0 Å².